The summed E-state index contributed by atoms with van der Waals surface area (Å²) in [6, 6.07) is 8.19. The first-order valence-electron chi connectivity index (χ1n) is 9.71. The molecule has 2 N–H and O–H groups in total. The highest BCUT2D eigenvalue weighted by molar-refractivity contribution is 5.93. The molecular formula is C21H25N5O. The van der Waals surface area contributed by atoms with E-state index < -0.39 is 0 Å². The molecule has 0 saturated carbocycles. The highest BCUT2D eigenvalue weighted by Gasteiger charge is 2.14. The summed E-state index contributed by atoms with van der Waals surface area (Å²) in [5.41, 5.74) is 2.84. The van der Waals surface area contributed by atoms with Gasteiger partial charge in [-0.3, -0.25) is 4.79 Å². The van der Waals surface area contributed by atoms with Crippen molar-refractivity contribution in [2.24, 2.45) is 0 Å². The first-order chi connectivity index (χ1) is 13.3. The van der Waals surface area contributed by atoms with E-state index in [4.69, 9.17) is 0 Å². The van der Waals surface area contributed by atoms with Gasteiger partial charge in [-0.05, 0) is 30.9 Å². The fourth-order valence-corrected chi connectivity index (χ4v) is 3.62. The normalized spacial score (nSPS) is 14.9. The fraction of sp³-hybridized carbons (Fsp3) is 0.381. The molecule has 0 radical (unpaired) electrons. The zero-order chi connectivity index (χ0) is 18.5. The highest BCUT2D eigenvalue weighted by Crippen LogP contribution is 2.18. The Labute approximate surface area is 159 Å². The third-order valence-electron chi connectivity index (χ3n) is 5.14. The molecule has 0 atom stereocenters. The number of carbonyl (C=O) groups excluding carboxylic acids is 1. The maximum Gasteiger partial charge on any atom is 0.254 e. The Kier molecular flexibility index (Phi) is 5.32. The summed E-state index contributed by atoms with van der Waals surface area (Å²) in [7, 11) is 0. The van der Waals surface area contributed by atoms with Crippen molar-refractivity contribution in [3.63, 3.8) is 0 Å². The molecule has 0 unspecified atom stereocenters. The lowest BCUT2D eigenvalue weighted by Crippen LogP contribution is -2.28. The Balaban J connectivity index is 1.33. The molecule has 1 aliphatic heterocycles. The Morgan fingerprint density at radius 2 is 1.81 bits per heavy atom. The number of benzene rings is 1. The van der Waals surface area contributed by atoms with Crippen LogP contribution < -0.4 is 10.2 Å². The van der Waals surface area contributed by atoms with E-state index in [0.29, 0.717) is 12.1 Å². The predicted octanol–water partition coefficient (Wildman–Crippen LogP) is 3.31. The Hall–Kier alpha value is -2.89. The van der Waals surface area contributed by atoms with Gasteiger partial charge in [0.15, 0.2) is 0 Å². The van der Waals surface area contributed by atoms with Gasteiger partial charge in [-0.1, -0.05) is 31.0 Å². The van der Waals surface area contributed by atoms with Crippen LogP contribution in [0.25, 0.3) is 10.9 Å². The number of para-hydroxylation sites is 1. The van der Waals surface area contributed by atoms with Crippen LogP contribution in [0.2, 0.25) is 0 Å². The van der Waals surface area contributed by atoms with E-state index in [1.54, 1.807) is 12.4 Å². The monoisotopic (exact) mass is 363 g/mol. The molecule has 140 valence electrons. The van der Waals surface area contributed by atoms with Gasteiger partial charge in [0.05, 0.1) is 5.56 Å². The molecule has 6 nitrogen and oxygen atoms in total. The number of rotatable bonds is 5. The van der Waals surface area contributed by atoms with Crippen molar-refractivity contribution in [1.29, 1.82) is 0 Å². The SMILES string of the molecule is O=C(NCCc1c[nH]c2ccccc12)c1cnc(N2CCCCCC2)nc1. The Morgan fingerprint density at radius 1 is 1.07 bits per heavy atom. The number of anilines is 1. The molecule has 4 rings (SSSR count). The van der Waals surface area contributed by atoms with E-state index in [1.165, 1.54) is 36.6 Å². The zero-order valence-electron chi connectivity index (χ0n) is 15.4. The lowest BCUT2D eigenvalue weighted by molar-refractivity contribution is 0.0953. The first kappa shape index (κ1) is 17.5. The maximum absolute atomic E-state index is 12.4. The smallest absolute Gasteiger partial charge is 0.254 e. The van der Waals surface area contributed by atoms with Gasteiger partial charge in [-0.25, -0.2) is 9.97 Å². The molecule has 3 aromatic rings. The average molecular weight is 363 g/mol. The molecular weight excluding hydrogens is 338 g/mol. The average Bonchev–Trinajstić information content (AvgIpc) is 2.93. The van der Waals surface area contributed by atoms with Crippen LogP contribution in [0.15, 0.2) is 42.9 Å². The second-order valence-electron chi connectivity index (χ2n) is 7.04. The quantitative estimate of drug-likeness (QED) is 0.729. The molecule has 6 heteroatoms. The van der Waals surface area contributed by atoms with E-state index in [0.717, 1.165) is 31.0 Å². The highest BCUT2D eigenvalue weighted by atomic mass is 16.1. The third kappa shape index (κ3) is 4.10. The summed E-state index contributed by atoms with van der Waals surface area (Å²) in [4.78, 5) is 26.7. The van der Waals surface area contributed by atoms with Gasteiger partial charge in [0.2, 0.25) is 5.95 Å². The van der Waals surface area contributed by atoms with Crippen LogP contribution in [-0.2, 0) is 6.42 Å². The van der Waals surface area contributed by atoms with Crippen LogP contribution in [-0.4, -0.2) is 40.5 Å². The Bertz CT molecular complexity index is 894. The van der Waals surface area contributed by atoms with Crippen LogP contribution in [0.3, 0.4) is 0 Å². The maximum atomic E-state index is 12.4. The number of aromatic nitrogens is 3. The van der Waals surface area contributed by atoms with Crippen molar-refractivity contribution in [1.82, 2.24) is 20.3 Å². The number of fused-ring (bicyclic) bond motifs is 1. The molecule has 1 aliphatic rings. The van der Waals surface area contributed by atoms with Gasteiger partial charge in [0.25, 0.3) is 5.91 Å². The van der Waals surface area contributed by atoms with Crippen molar-refractivity contribution < 1.29 is 4.79 Å². The summed E-state index contributed by atoms with van der Waals surface area (Å²) in [5.74, 6) is 0.601. The predicted molar refractivity (Wildman–Crippen MR) is 107 cm³/mol. The van der Waals surface area contributed by atoms with Crippen LogP contribution in [0.5, 0.6) is 0 Å². The summed E-state index contributed by atoms with van der Waals surface area (Å²) in [6.07, 6.45) is 11.0. The third-order valence-corrected chi connectivity index (χ3v) is 5.14. The second kappa shape index (κ2) is 8.20. The number of carbonyl (C=O) groups is 1. The van der Waals surface area contributed by atoms with Crippen molar-refractivity contribution in [3.05, 3.63) is 54.0 Å². The number of hydrogen-bond acceptors (Lipinski definition) is 4. The molecule has 1 aromatic carbocycles. The molecule has 0 spiro atoms. The summed E-state index contributed by atoms with van der Waals surface area (Å²) in [6.45, 7) is 2.57. The van der Waals surface area contributed by atoms with E-state index in [2.05, 4.69) is 37.3 Å². The van der Waals surface area contributed by atoms with Crippen molar-refractivity contribution in [3.8, 4) is 0 Å². The molecule has 1 saturated heterocycles. The Morgan fingerprint density at radius 3 is 2.59 bits per heavy atom. The standard InChI is InChI=1S/C21H25N5O/c27-20(22-10-9-16-13-23-19-8-4-3-7-18(16)19)17-14-24-21(25-15-17)26-11-5-1-2-6-12-26/h3-4,7-8,13-15,23H,1-2,5-6,9-12H2,(H,22,27). The van der Waals surface area contributed by atoms with Crippen molar-refractivity contribution >= 4 is 22.8 Å². The summed E-state index contributed by atoms with van der Waals surface area (Å²) < 4.78 is 0. The topological polar surface area (TPSA) is 73.9 Å². The van der Waals surface area contributed by atoms with Crippen molar-refractivity contribution in [2.45, 2.75) is 32.1 Å². The summed E-state index contributed by atoms with van der Waals surface area (Å²) in [5, 5.41) is 4.17. The number of aromatic amines is 1. The second-order valence-corrected chi connectivity index (χ2v) is 7.04. The van der Waals surface area contributed by atoms with Crippen LogP contribution in [0, 0.1) is 0 Å². The van der Waals surface area contributed by atoms with Gasteiger partial charge >= 0.3 is 0 Å². The van der Waals surface area contributed by atoms with E-state index >= 15 is 0 Å². The number of nitrogens with zero attached hydrogens (tertiary/aromatic N) is 3. The van der Waals surface area contributed by atoms with Crippen LogP contribution >= 0.6 is 0 Å². The molecule has 0 bridgehead atoms. The first-order valence-corrected chi connectivity index (χ1v) is 9.71. The molecule has 2 aromatic heterocycles. The minimum absolute atomic E-state index is 0.128. The van der Waals surface area contributed by atoms with Crippen molar-refractivity contribution in [2.75, 3.05) is 24.5 Å². The molecule has 1 fully saturated rings. The van der Waals surface area contributed by atoms with Crippen LogP contribution in [0.1, 0.15) is 41.6 Å². The number of nitrogens with one attached hydrogen (secondary N) is 2. The van der Waals surface area contributed by atoms with E-state index in [1.807, 2.05) is 18.3 Å². The number of amides is 1. The molecule has 3 heterocycles. The fourth-order valence-electron chi connectivity index (χ4n) is 3.62. The van der Waals surface area contributed by atoms with Gasteiger partial charge in [-0.2, -0.15) is 0 Å². The zero-order valence-corrected chi connectivity index (χ0v) is 15.4. The van der Waals surface area contributed by atoms with Gasteiger partial charge in [0, 0.05) is 49.1 Å². The lowest BCUT2D eigenvalue weighted by Gasteiger charge is -2.19. The van der Waals surface area contributed by atoms with Gasteiger partial charge in [0.1, 0.15) is 0 Å². The van der Waals surface area contributed by atoms with Crippen LogP contribution in [0.4, 0.5) is 5.95 Å². The lowest BCUT2D eigenvalue weighted by atomic mass is 10.1. The van der Waals surface area contributed by atoms with Gasteiger partial charge in [-0.15, -0.1) is 0 Å². The minimum Gasteiger partial charge on any atom is -0.361 e. The van der Waals surface area contributed by atoms with Gasteiger partial charge < -0.3 is 15.2 Å². The number of H-pyrrole nitrogens is 1. The van der Waals surface area contributed by atoms with E-state index in [9.17, 15) is 4.79 Å². The van der Waals surface area contributed by atoms with E-state index in [-0.39, 0.29) is 5.91 Å². The molecule has 27 heavy (non-hydrogen) atoms. The number of hydrogen-bond donors (Lipinski definition) is 2. The molecule has 1 amide bonds. The minimum atomic E-state index is -0.128. The largest absolute Gasteiger partial charge is 0.361 e. The summed E-state index contributed by atoms with van der Waals surface area (Å²) >= 11 is 0. The molecule has 0 aliphatic carbocycles.